The van der Waals surface area contributed by atoms with Crippen LogP contribution in [0.3, 0.4) is 0 Å². The molecule has 0 amide bonds. The Morgan fingerprint density at radius 3 is 1.77 bits per heavy atom. The molecule has 0 aromatic rings. The molecule has 400 valence electrons. The maximum absolute atomic E-state index is 13.0. The first kappa shape index (κ1) is 64.8. The SMILES string of the molecule is CC/C=C\C[C@H](O)/C=C/C=C/C=C\C=C/[C@@H](O)[C@H](O)CCCC(=O)O[C@H](COC(=O)CCC/C=C\C/C=C\C/C=C\CCCCCCCC)COP(=O)(O)O[C@H]1C(O)C(O)C(O)[C@@H](OP(=O)(O)O)C1O. The van der Waals surface area contributed by atoms with Crippen LogP contribution < -0.4 is 0 Å². The minimum Gasteiger partial charge on any atom is -0.462 e. The summed E-state index contributed by atoms with van der Waals surface area (Å²) in [5.41, 5.74) is 0. The maximum atomic E-state index is 13.0. The predicted octanol–water partition coefficient (Wildman–Crippen LogP) is 6.08. The highest BCUT2D eigenvalue weighted by Crippen LogP contribution is 2.49. The number of esters is 2. The van der Waals surface area contributed by atoms with Crippen LogP contribution in [0.1, 0.15) is 123 Å². The van der Waals surface area contributed by atoms with E-state index < -0.39 is 102 Å². The van der Waals surface area contributed by atoms with E-state index in [0.29, 0.717) is 19.3 Å². The first-order valence-electron chi connectivity index (χ1n) is 24.1. The van der Waals surface area contributed by atoms with Gasteiger partial charge in [-0.05, 0) is 64.2 Å². The zero-order valence-electron chi connectivity index (χ0n) is 40.5. The third kappa shape index (κ3) is 32.0. The number of phosphoric acid groups is 2. The number of hydrogen-bond acceptors (Lipinski definition) is 16. The van der Waals surface area contributed by atoms with Crippen LogP contribution >= 0.6 is 15.6 Å². The van der Waals surface area contributed by atoms with Crippen molar-refractivity contribution < 1.29 is 92.2 Å². The Balaban J connectivity index is 2.78. The molecular weight excluding hydrogens is 954 g/mol. The van der Waals surface area contributed by atoms with Gasteiger partial charge in [0.15, 0.2) is 6.10 Å². The van der Waals surface area contributed by atoms with Crippen molar-refractivity contribution in [1.29, 1.82) is 0 Å². The highest BCUT2D eigenvalue weighted by molar-refractivity contribution is 7.47. The van der Waals surface area contributed by atoms with Crippen LogP contribution in [0.2, 0.25) is 0 Å². The molecule has 0 aliphatic heterocycles. The molecule has 1 aliphatic carbocycles. The van der Waals surface area contributed by atoms with Gasteiger partial charge in [0.05, 0.1) is 24.9 Å². The summed E-state index contributed by atoms with van der Waals surface area (Å²) in [6, 6.07) is 0. The van der Waals surface area contributed by atoms with Gasteiger partial charge in [0.1, 0.15) is 43.2 Å². The van der Waals surface area contributed by atoms with Crippen LogP contribution in [0.15, 0.2) is 97.2 Å². The Morgan fingerprint density at radius 1 is 0.586 bits per heavy atom. The average Bonchev–Trinajstić information content (AvgIpc) is 3.31. The second kappa shape index (κ2) is 38.4. The van der Waals surface area contributed by atoms with E-state index in [1.165, 1.54) is 50.7 Å². The monoisotopic (exact) mass is 1030 g/mol. The van der Waals surface area contributed by atoms with Gasteiger partial charge in [-0.3, -0.25) is 23.2 Å². The third-order valence-corrected chi connectivity index (χ3v) is 12.0. The zero-order valence-corrected chi connectivity index (χ0v) is 42.3. The van der Waals surface area contributed by atoms with Gasteiger partial charge in [-0.1, -0.05) is 143 Å². The van der Waals surface area contributed by atoms with Crippen molar-refractivity contribution in [3.05, 3.63) is 97.2 Å². The molecule has 0 aromatic heterocycles. The molecule has 0 spiro atoms. The van der Waals surface area contributed by atoms with Crippen molar-refractivity contribution in [3.8, 4) is 0 Å². The number of aliphatic hydroxyl groups excluding tert-OH is 7. The van der Waals surface area contributed by atoms with Gasteiger partial charge in [-0.25, -0.2) is 9.13 Å². The lowest BCUT2D eigenvalue weighted by atomic mass is 9.85. The number of carbonyl (C=O) groups is 2. The second-order valence-electron chi connectivity index (χ2n) is 16.7. The van der Waals surface area contributed by atoms with Crippen LogP contribution in [0.5, 0.6) is 0 Å². The normalized spacial score (nSPS) is 23.2. The molecule has 1 saturated carbocycles. The number of unbranched alkanes of at least 4 members (excludes halogenated alkanes) is 7. The van der Waals surface area contributed by atoms with Crippen LogP contribution in [-0.2, 0) is 41.8 Å². The Labute approximate surface area is 413 Å². The maximum Gasteiger partial charge on any atom is 0.472 e. The number of allylic oxidation sites excluding steroid dienone is 13. The van der Waals surface area contributed by atoms with Crippen LogP contribution in [0.4, 0.5) is 0 Å². The molecule has 19 nitrogen and oxygen atoms in total. The summed E-state index contributed by atoms with van der Waals surface area (Å²) in [5, 5.41) is 71.9. The van der Waals surface area contributed by atoms with Crippen molar-refractivity contribution in [2.24, 2.45) is 0 Å². The van der Waals surface area contributed by atoms with E-state index >= 15 is 0 Å². The summed E-state index contributed by atoms with van der Waals surface area (Å²) in [6.07, 6.45) is 22.9. The molecule has 70 heavy (non-hydrogen) atoms. The van der Waals surface area contributed by atoms with E-state index in [9.17, 15) is 69.1 Å². The van der Waals surface area contributed by atoms with Crippen LogP contribution in [0.25, 0.3) is 0 Å². The fraction of sp³-hybridized carbons (Fsp3) is 0.633. The summed E-state index contributed by atoms with van der Waals surface area (Å²) in [5.74, 6) is -1.61. The molecular formula is C49H80O19P2. The molecule has 1 fully saturated rings. The van der Waals surface area contributed by atoms with E-state index in [-0.39, 0.29) is 25.7 Å². The molecule has 0 heterocycles. The van der Waals surface area contributed by atoms with E-state index in [0.717, 1.165) is 25.7 Å². The molecule has 1 aliphatic rings. The number of ether oxygens (including phenoxy) is 2. The molecule has 11 atom stereocenters. The smallest absolute Gasteiger partial charge is 0.462 e. The highest BCUT2D eigenvalue weighted by Gasteiger charge is 2.54. The van der Waals surface area contributed by atoms with Crippen LogP contribution in [0, 0.1) is 0 Å². The number of aliphatic hydroxyl groups is 7. The fourth-order valence-corrected chi connectivity index (χ4v) is 8.16. The lowest BCUT2D eigenvalue weighted by Crippen LogP contribution is -2.64. The zero-order chi connectivity index (χ0) is 52.2. The third-order valence-electron chi connectivity index (χ3n) is 10.5. The predicted molar refractivity (Wildman–Crippen MR) is 263 cm³/mol. The van der Waals surface area contributed by atoms with Gasteiger partial charge < -0.3 is 59.9 Å². The molecule has 10 N–H and O–H groups in total. The average molecular weight is 1040 g/mol. The highest BCUT2D eigenvalue weighted by atomic mass is 31.2. The van der Waals surface area contributed by atoms with Gasteiger partial charge in [-0.2, -0.15) is 0 Å². The molecule has 0 aromatic carbocycles. The summed E-state index contributed by atoms with van der Waals surface area (Å²) in [4.78, 5) is 54.3. The minimum absolute atomic E-state index is 0.00795. The Hall–Kier alpha value is -3.20. The van der Waals surface area contributed by atoms with E-state index in [1.807, 2.05) is 31.2 Å². The molecule has 5 unspecified atom stereocenters. The summed E-state index contributed by atoms with van der Waals surface area (Å²) in [7, 11) is -10.8. The van der Waals surface area contributed by atoms with Crippen molar-refractivity contribution in [2.45, 2.75) is 184 Å². The number of carbonyl (C=O) groups excluding carboxylic acids is 2. The summed E-state index contributed by atoms with van der Waals surface area (Å²) < 4.78 is 49.1. The van der Waals surface area contributed by atoms with Crippen molar-refractivity contribution in [3.63, 3.8) is 0 Å². The topological polar surface area (TPSA) is 317 Å². The van der Waals surface area contributed by atoms with Crippen molar-refractivity contribution >= 4 is 27.6 Å². The van der Waals surface area contributed by atoms with Gasteiger partial charge >= 0.3 is 27.6 Å². The number of phosphoric ester groups is 2. The van der Waals surface area contributed by atoms with Gasteiger partial charge in [0.2, 0.25) is 0 Å². The molecule has 0 bridgehead atoms. The van der Waals surface area contributed by atoms with E-state index in [2.05, 4.69) is 35.8 Å². The standard InChI is InChI=1S/C49H80O19P2/c1-3-5-7-8-9-10-11-12-13-14-15-16-17-18-19-24-28-34-42(53)64-36-39(37-65-70(62,63)68-49-46(57)44(55)45(56)48(47(49)58)67-69(59,60)61)66-43(54)35-29-33-41(52)40(51)32-27-23-21-20-22-26-31-38(50)30-25-6-4-2/h6,12-13,15-16,18-23,25-27,31-32,38-41,44-52,55-58H,3-5,7-11,14,17,24,28-30,33-37H2,1-2H3,(H,62,63)(H2,59,60,61)/b13-12-,16-15-,19-18-,22-20+,23-21-,25-6-,31-26+,32-27-/t38-,39+,40+,41+,44?,45?,46?,47?,48+,49-/m0/s1. The van der Waals surface area contributed by atoms with Crippen LogP contribution in [-0.4, -0.2) is 137 Å². The lowest BCUT2D eigenvalue weighted by molar-refractivity contribution is -0.216. The minimum atomic E-state index is -5.43. The summed E-state index contributed by atoms with van der Waals surface area (Å²) >= 11 is 0. The Kier molecular flexibility index (Phi) is 35.6. The van der Waals surface area contributed by atoms with E-state index in [4.69, 9.17) is 18.5 Å². The lowest BCUT2D eigenvalue weighted by Gasteiger charge is -2.43. The quantitative estimate of drug-likeness (QED) is 0.0110. The molecule has 21 heteroatoms. The van der Waals surface area contributed by atoms with E-state index in [1.54, 1.807) is 36.5 Å². The number of hydrogen-bond donors (Lipinski definition) is 10. The fourth-order valence-electron chi connectivity index (χ4n) is 6.62. The van der Waals surface area contributed by atoms with Gasteiger partial charge in [-0.15, -0.1) is 0 Å². The Morgan fingerprint density at radius 2 is 1.14 bits per heavy atom. The first-order chi connectivity index (χ1) is 33.3. The van der Waals surface area contributed by atoms with Crippen molar-refractivity contribution in [1.82, 2.24) is 0 Å². The summed E-state index contributed by atoms with van der Waals surface area (Å²) in [6.45, 7) is 2.57. The Bertz CT molecular complexity index is 1770. The number of rotatable bonds is 38. The largest absolute Gasteiger partial charge is 0.472 e. The van der Waals surface area contributed by atoms with Crippen molar-refractivity contribution in [2.75, 3.05) is 13.2 Å². The molecule has 0 radical (unpaired) electrons. The van der Waals surface area contributed by atoms with Gasteiger partial charge in [0, 0.05) is 12.8 Å². The second-order valence-corrected chi connectivity index (χ2v) is 19.3. The van der Waals surface area contributed by atoms with Gasteiger partial charge in [0.25, 0.3) is 0 Å². The first-order valence-corrected chi connectivity index (χ1v) is 27.1. The molecule has 1 rings (SSSR count). The molecule has 0 saturated heterocycles.